The Balaban J connectivity index is 1.64. The largest absolute Gasteiger partial charge is 0.495 e. The standard InChI is InChI=1S/C19H29N3O4S/c1-26-17-14-16(21-19(23)7-4-15-8-10-20-11-9-15)5-6-18(17)27(24,25)22-12-2-3-13-22/h5-6,14-15,20H,2-4,7-13H2,1H3,(H,21,23). The van der Waals surface area contributed by atoms with E-state index in [1.165, 1.54) is 17.5 Å². The molecule has 0 radical (unpaired) electrons. The van der Waals surface area contributed by atoms with Gasteiger partial charge in [0.1, 0.15) is 10.6 Å². The molecule has 150 valence electrons. The summed E-state index contributed by atoms with van der Waals surface area (Å²) in [5.41, 5.74) is 0.558. The van der Waals surface area contributed by atoms with Crippen molar-refractivity contribution in [2.75, 3.05) is 38.6 Å². The Labute approximate surface area is 161 Å². The fourth-order valence-corrected chi connectivity index (χ4v) is 5.41. The Kier molecular flexibility index (Phi) is 6.73. The molecule has 0 aromatic heterocycles. The molecule has 2 aliphatic rings. The fraction of sp³-hybridized carbons (Fsp3) is 0.632. The molecule has 0 bridgehead atoms. The van der Waals surface area contributed by atoms with Gasteiger partial charge in [-0.25, -0.2) is 8.42 Å². The molecule has 2 heterocycles. The molecule has 27 heavy (non-hydrogen) atoms. The number of nitrogens with zero attached hydrogens (tertiary/aromatic N) is 1. The molecule has 0 unspecified atom stereocenters. The quantitative estimate of drug-likeness (QED) is 0.739. The number of hydrogen-bond acceptors (Lipinski definition) is 5. The topological polar surface area (TPSA) is 87.7 Å². The van der Waals surface area contributed by atoms with Crippen LogP contribution in [0.1, 0.15) is 38.5 Å². The third kappa shape index (κ3) is 5.00. The van der Waals surface area contributed by atoms with Crippen molar-refractivity contribution in [1.29, 1.82) is 0 Å². The molecule has 2 fully saturated rings. The van der Waals surface area contributed by atoms with E-state index in [-0.39, 0.29) is 16.6 Å². The SMILES string of the molecule is COc1cc(NC(=O)CCC2CCNCC2)ccc1S(=O)(=O)N1CCCC1. The van der Waals surface area contributed by atoms with Crippen LogP contribution in [0.4, 0.5) is 5.69 Å². The molecule has 7 nitrogen and oxygen atoms in total. The van der Waals surface area contributed by atoms with Crippen LogP contribution in [0.5, 0.6) is 5.75 Å². The van der Waals surface area contributed by atoms with Gasteiger partial charge < -0.3 is 15.4 Å². The van der Waals surface area contributed by atoms with Crippen LogP contribution in [0.2, 0.25) is 0 Å². The van der Waals surface area contributed by atoms with Gasteiger partial charge in [-0.1, -0.05) is 0 Å². The Bertz CT molecular complexity index is 754. The third-order valence-corrected chi connectivity index (χ3v) is 7.31. The lowest BCUT2D eigenvalue weighted by Gasteiger charge is -2.22. The maximum Gasteiger partial charge on any atom is 0.246 e. The molecule has 2 saturated heterocycles. The number of anilines is 1. The number of carbonyl (C=O) groups is 1. The van der Waals surface area contributed by atoms with Crippen LogP contribution in [0.3, 0.4) is 0 Å². The maximum absolute atomic E-state index is 12.8. The van der Waals surface area contributed by atoms with Gasteiger partial charge in [-0.2, -0.15) is 4.31 Å². The van der Waals surface area contributed by atoms with Crippen LogP contribution in [-0.4, -0.2) is 51.9 Å². The maximum atomic E-state index is 12.8. The predicted octanol–water partition coefficient (Wildman–Crippen LogP) is 2.20. The van der Waals surface area contributed by atoms with E-state index in [0.717, 1.165) is 45.2 Å². The molecular weight excluding hydrogens is 366 g/mol. The Hall–Kier alpha value is -1.64. The van der Waals surface area contributed by atoms with E-state index in [0.29, 0.717) is 31.1 Å². The molecule has 0 aliphatic carbocycles. The van der Waals surface area contributed by atoms with Gasteiger partial charge in [-0.05, 0) is 63.2 Å². The van der Waals surface area contributed by atoms with Crippen molar-refractivity contribution in [3.05, 3.63) is 18.2 Å². The van der Waals surface area contributed by atoms with E-state index < -0.39 is 10.0 Å². The summed E-state index contributed by atoms with van der Waals surface area (Å²) in [5, 5.41) is 6.19. The molecule has 0 atom stereocenters. The van der Waals surface area contributed by atoms with Gasteiger partial charge in [0, 0.05) is 31.3 Å². The average molecular weight is 396 g/mol. The van der Waals surface area contributed by atoms with Crippen LogP contribution >= 0.6 is 0 Å². The molecule has 2 N–H and O–H groups in total. The van der Waals surface area contributed by atoms with E-state index in [1.807, 2.05) is 0 Å². The lowest BCUT2D eigenvalue weighted by molar-refractivity contribution is -0.116. The second-order valence-corrected chi connectivity index (χ2v) is 9.16. The highest BCUT2D eigenvalue weighted by Gasteiger charge is 2.30. The first-order valence-corrected chi connectivity index (χ1v) is 11.1. The number of carbonyl (C=O) groups excluding carboxylic acids is 1. The number of hydrogen-bond donors (Lipinski definition) is 2. The smallest absolute Gasteiger partial charge is 0.246 e. The van der Waals surface area contributed by atoms with Gasteiger partial charge in [0.2, 0.25) is 15.9 Å². The Morgan fingerprint density at radius 1 is 1.26 bits per heavy atom. The van der Waals surface area contributed by atoms with Crippen molar-refractivity contribution in [3.63, 3.8) is 0 Å². The van der Waals surface area contributed by atoms with Crippen molar-refractivity contribution in [1.82, 2.24) is 9.62 Å². The molecule has 2 aliphatic heterocycles. The number of methoxy groups -OCH3 is 1. The van der Waals surface area contributed by atoms with Crippen molar-refractivity contribution in [2.45, 2.75) is 43.4 Å². The zero-order valence-corrected chi connectivity index (χ0v) is 16.7. The second-order valence-electron chi connectivity index (χ2n) is 7.26. The minimum absolute atomic E-state index is 0.0502. The first-order valence-electron chi connectivity index (χ1n) is 9.69. The summed E-state index contributed by atoms with van der Waals surface area (Å²) < 4.78 is 32.4. The minimum atomic E-state index is -3.56. The van der Waals surface area contributed by atoms with Crippen LogP contribution in [0, 0.1) is 5.92 Å². The molecule has 1 amide bonds. The van der Waals surface area contributed by atoms with E-state index in [1.54, 1.807) is 12.1 Å². The van der Waals surface area contributed by atoms with Gasteiger partial charge in [-0.15, -0.1) is 0 Å². The number of ether oxygens (including phenoxy) is 1. The van der Waals surface area contributed by atoms with Crippen molar-refractivity contribution in [3.8, 4) is 5.75 Å². The summed E-state index contributed by atoms with van der Waals surface area (Å²) in [7, 11) is -2.12. The number of amides is 1. The van der Waals surface area contributed by atoms with Crippen LogP contribution in [-0.2, 0) is 14.8 Å². The van der Waals surface area contributed by atoms with Crippen molar-refractivity contribution >= 4 is 21.6 Å². The van der Waals surface area contributed by atoms with Crippen LogP contribution < -0.4 is 15.4 Å². The molecule has 1 aromatic rings. The number of sulfonamides is 1. The molecule has 0 saturated carbocycles. The first-order chi connectivity index (χ1) is 13.0. The highest BCUT2D eigenvalue weighted by atomic mass is 32.2. The number of rotatable bonds is 7. The van der Waals surface area contributed by atoms with Gasteiger partial charge in [0.05, 0.1) is 7.11 Å². The summed E-state index contributed by atoms with van der Waals surface area (Å²) in [4.78, 5) is 12.4. The lowest BCUT2D eigenvalue weighted by atomic mass is 9.93. The molecule has 3 rings (SSSR count). The van der Waals surface area contributed by atoms with Crippen molar-refractivity contribution in [2.24, 2.45) is 5.92 Å². The predicted molar refractivity (Wildman–Crippen MR) is 104 cm³/mol. The van der Waals surface area contributed by atoms with Gasteiger partial charge >= 0.3 is 0 Å². The highest BCUT2D eigenvalue weighted by Crippen LogP contribution is 2.31. The van der Waals surface area contributed by atoms with E-state index in [2.05, 4.69) is 10.6 Å². The van der Waals surface area contributed by atoms with E-state index in [4.69, 9.17) is 4.74 Å². The fourth-order valence-electron chi connectivity index (χ4n) is 3.76. The molecule has 8 heteroatoms. The normalized spacial score (nSPS) is 19.1. The molecular formula is C19H29N3O4S. The van der Waals surface area contributed by atoms with E-state index >= 15 is 0 Å². The van der Waals surface area contributed by atoms with Gasteiger partial charge in [0.15, 0.2) is 0 Å². The first kappa shape index (κ1) is 20.1. The summed E-state index contributed by atoms with van der Waals surface area (Å²) in [6.07, 6.45) is 5.35. The van der Waals surface area contributed by atoms with Crippen LogP contribution in [0.15, 0.2) is 23.1 Å². The Morgan fingerprint density at radius 3 is 2.63 bits per heavy atom. The monoisotopic (exact) mass is 395 g/mol. The molecule has 0 spiro atoms. The van der Waals surface area contributed by atoms with E-state index in [9.17, 15) is 13.2 Å². The number of nitrogens with one attached hydrogen (secondary N) is 2. The minimum Gasteiger partial charge on any atom is -0.495 e. The van der Waals surface area contributed by atoms with Crippen molar-refractivity contribution < 1.29 is 17.9 Å². The third-order valence-electron chi connectivity index (χ3n) is 5.37. The summed E-state index contributed by atoms with van der Waals surface area (Å²) in [6.45, 7) is 3.13. The summed E-state index contributed by atoms with van der Waals surface area (Å²) in [5.74, 6) is 0.809. The zero-order chi connectivity index (χ0) is 19.3. The molecule has 1 aromatic carbocycles. The number of piperidine rings is 1. The van der Waals surface area contributed by atoms with Gasteiger partial charge in [-0.3, -0.25) is 4.79 Å². The zero-order valence-electron chi connectivity index (χ0n) is 15.9. The Morgan fingerprint density at radius 2 is 1.96 bits per heavy atom. The number of benzene rings is 1. The lowest BCUT2D eigenvalue weighted by Crippen LogP contribution is -2.28. The highest BCUT2D eigenvalue weighted by molar-refractivity contribution is 7.89. The average Bonchev–Trinajstić information content (AvgIpc) is 3.23. The summed E-state index contributed by atoms with van der Waals surface area (Å²) >= 11 is 0. The van der Waals surface area contributed by atoms with Gasteiger partial charge in [0.25, 0.3) is 0 Å². The summed E-state index contributed by atoms with van der Waals surface area (Å²) in [6, 6.07) is 4.74. The second kappa shape index (κ2) is 9.03. The van der Waals surface area contributed by atoms with Crippen LogP contribution in [0.25, 0.3) is 0 Å².